The summed E-state index contributed by atoms with van der Waals surface area (Å²) in [7, 11) is 1.97. The zero-order valence-electron chi connectivity index (χ0n) is 9.69. The Hall–Kier alpha value is -0.830. The van der Waals surface area contributed by atoms with Crippen molar-refractivity contribution in [3.63, 3.8) is 0 Å². The first-order valence-corrected chi connectivity index (χ1v) is 5.89. The van der Waals surface area contributed by atoms with Crippen molar-refractivity contribution in [2.75, 3.05) is 0 Å². The third-order valence-electron chi connectivity index (χ3n) is 3.54. The molecule has 1 aliphatic rings. The number of rotatable bonds is 2. The van der Waals surface area contributed by atoms with Crippen LogP contribution in [0.1, 0.15) is 31.9 Å². The number of nitrogens with two attached hydrogens (primary N) is 1. The molecule has 2 rings (SSSR count). The average molecular weight is 207 g/mol. The molecule has 15 heavy (non-hydrogen) atoms. The van der Waals surface area contributed by atoms with Crippen LogP contribution in [0.5, 0.6) is 0 Å². The SMILES string of the molecule is CC1CCC(N)C(Cc2ccn(C)n2)C1. The van der Waals surface area contributed by atoms with Gasteiger partial charge in [-0.05, 0) is 43.6 Å². The van der Waals surface area contributed by atoms with E-state index >= 15 is 0 Å². The maximum atomic E-state index is 6.16. The maximum absolute atomic E-state index is 6.16. The van der Waals surface area contributed by atoms with Gasteiger partial charge in [0.15, 0.2) is 0 Å². The van der Waals surface area contributed by atoms with Gasteiger partial charge in [0.2, 0.25) is 0 Å². The molecule has 1 aliphatic carbocycles. The summed E-state index contributed by atoms with van der Waals surface area (Å²) in [6.45, 7) is 2.33. The van der Waals surface area contributed by atoms with Crippen LogP contribution < -0.4 is 5.73 Å². The molecule has 2 N–H and O–H groups in total. The van der Waals surface area contributed by atoms with Crippen LogP contribution >= 0.6 is 0 Å². The van der Waals surface area contributed by atoms with Gasteiger partial charge in [0.1, 0.15) is 0 Å². The molecule has 0 aromatic carbocycles. The Kier molecular flexibility index (Phi) is 3.10. The lowest BCUT2D eigenvalue weighted by molar-refractivity contribution is 0.243. The zero-order chi connectivity index (χ0) is 10.8. The van der Waals surface area contributed by atoms with E-state index in [1.165, 1.54) is 25.0 Å². The number of hydrogen-bond acceptors (Lipinski definition) is 2. The van der Waals surface area contributed by atoms with Gasteiger partial charge in [-0.1, -0.05) is 6.92 Å². The molecule has 1 fully saturated rings. The van der Waals surface area contributed by atoms with Crippen molar-refractivity contribution >= 4 is 0 Å². The lowest BCUT2D eigenvalue weighted by Gasteiger charge is -2.32. The Morgan fingerprint density at radius 3 is 3.00 bits per heavy atom. The van der Waals surface area contributed by atoms with Crippen LogP contribution in [0.3, 0.4) is 0 Å². The van der Waals surface area contributed by atoms with Gasteiger partial charge in [0.05, 0.1) is 5.69 Å². The molecular formula is C12H21N3. The highest BCUT2D eigenvalue weighted by Crippen LogP contribution is 2.29. The van der Waals surface area contributed by atoms with Gasteiger partial charge < -0.3 is 5.73 Å². The fraction of sp³-hybridized carbons (Fsp3) is 0.750. The fourth-order valence-electron chi connectivity index (χ4n) is 2.60. The molecule has 0 aliphatic heterocycles. The summed E-state index contributed by atoms with van der Waals surface area (Å²) in [5.74, 6) is 1.46. The molecule has 0 spiro atoms. The molecular weight excluding hydrogens is 186 g/mol. The monoisotopic (exact) mass is 207 g/mol. The van der Waals surface area contributed by atoms with Crippen LogP contribution in [0.25, 0.3) is 0 Å². The first-order chi connectivity index (χ1) is 7.15. The summed E-state index contributed by atoms with van der Waals surface area (Å²) >= 11 is 0. The quantitative estimate of drug-likeness (QED) is 0.802. The third-order valence-corrected chi connectivity index (χ3v) is 3.54. The standard InChI is InChI=1S/C12H21N3/c1-9-3-4-12(13)10(7-9)8-11-5-6-15(2)14-11/h5-6,9-10,12H,3-4,7-8,13H2,1-2H3. The van der Waals surface area contributed by atoms with Crippen LogP contribution in [-0.2, 0) is 13.5 Å². The summed E-state index contributed by atoms with van der Waals surface area (Å²) in [6, 6.07) is 2.48. The molecule has 3 nitrogen and oxygen atoms in total. The van der Waals surface area contributed by atoms with Gasteiger partial charge >= 0.3 is 0 Å². The van der Waals surface area contributed by atoms with E-state index in [2.05, 4.69) is 18.1 Å². The molecule has 0 radical (unpaired) electrons. The van der Waals surface area contributed by atoms with Crippen molar-refractivity contribution in [3.05, 3.63) is 18.0 Å². The second-order valence-corrected chi connectivity index (χ2v) is 5.03. The van der Waals surface area contributed by atoms with Gasteiger partial charge in [-0.25, -0.2) is 0 Å². The lowest BCUT2D eigenvalue weighted by Crippen LogP contribution is -2.36. The lowest BCUT2D eigenvalue weighted by atomic mass is 9.77. The molecule has 0 bridgehead atoms. The summed E-state index contributed by atoms with van der Waals surface area (Å²) < 4.78 is 1.87. The van der Waals surface area contributed by atoms with Gasteiger partial charge in [0, 0.05) is 19.3 Å². The van der Waals surface area contributed by atoms with E-state index in [9.17, 15) is 0 Å². The molecule has 3 heteroatoms. The van der Waals surface area contributed by atoms with E-state index in [1.807, 2.05) is 17.9 Å². The summed E-state index contributed by atoms with van der Waals surface area (Å²) in [5.41, 5.74) is 7.35. The molecule has 1 aromatic rings. The second kappa shape index (κ2) is 4.35. The van der Waals surface area contributed by atoms with Crippen LogP contribution in [0.2, 0.25) is 0 Å². The Bertz CT molecular complexity index is 318. The summed E-state index contributed by atoms with van der Waals surface area (Å²) in [4.78, 5) is 0. The van der Waals surface area contributed by atoms with Crippen molar-refractivity contribution in [2.45, 2.75) is 38.6 Å². The van der Waals surface area contributed by atoms with E-state index in [4.69, 9.17) is 5.73 Å². The maximum Gasteiger partial charge on any atom is 0.0627 e. The molecule has 3 unspecified atom stereocenters. The van der Waals surface area contributed by atoms with E-state index in [0.717, 1.165) is 12.3 Å². The van der Waals surface area contributed by atoms with Crippen LogP contribution in [0.15, 0.2) is 12.3 Å². The first-order valence-electron chi connectivity index (χ1n) is 5.89. The topological polar surface area (TPSA) is 43.8 Å². The number of hydrogen-bond donors (Lipinski definition) is 1. The van der Waals surface area contributed by atoms with Crippen molar-refractivity contribution < 1.29 is 0 Å². The highest BCUT2D eigenvalue weighted by Gasteiger charge is 2.26. The summed E-state index contributed by atoms with van der Waals surface area (Å²) in [6.07, 6.45) is 6.79. The van der Waals surface area contributed by atoms with Gasteiger partial charge in [-0.15, -0.1) is 0 Å². The minimum atomic E-state index is 0.378. The minimum Gasteiger partial charge on any atom is -0.327 e. The molecule has 1 heterocycles. The first kappa shape index (κ1) is 10.7. The molecule has 0 amide bonds. The normalized spacial score (nSPS) is 31.8. The zero-order valence-corrected chi connectivity index (χ0v) is 9.69. The van der Waals surface area contributed by atoms with Crippen molar-refractivity contribution in [3.8, 4) is 0 Å². The molecule has 3 atom stereocenters. The Labute approximate surface area is 91.7 Å². The van der Waals surface area contributed by atoms with Crippen molar-refractivity contribution in [1.29, 1.82) is 0 Å². The van der Waals surface area contributed by atoms with Crippen LogP contribution in [0, 0.1) is 11.8 Å². The number of aryl methyl sites for hydroxylation is 1. The smallest absolute Gasteiger partial charge is 0.0627 e. The average Bonchev–Trinajstić information content (AvgIpc) is 2.58. The minimum absolute atomic E-state index is 0.378. The van der Waals surface area contributed by atoms with E-state index < -0.39 is 0 Å². The Morgan fingerprint density at radius 1 is 1.53 bits per heavy atom. The highest BCUT2D eigenvalue weighted by molar-refractivity contribution is 5.01. The van der Waals surface area contributed by atoms with E-state index in [1.54, 1.807) is 0 Å². The number of aromatic nitrogens is 2. The Balaban J connectivity index is 1.98. The van der Waals surface area contributed by atoms with Gasteiger partial charge in [-0.3, -0.25) is 4.68 Å². The second-order valence-electron chi connectivity index (χ2n) is 5.03. The Morgan fingerprint density at radius 2 is 2.33 bits per heavy atom. The molecule has 1 aromatic heterocycles. The van der Waals surface area contributed by atoms with Crippen molar-refractivity contribution in [2.24, 2.45) is 24.6 Å². The molecule has 84 valence electrons. The molecule has 1 saturated carbocycles. The fourth-order valence-corrected chi connectivity index (χ4v) is 2.60. The highest BCUT2D eigenvalue weighted by atomic mass is 15.2. The van der Waals surface area contributed by atoms with Gasteiger partial charge in [-0.2, -0.15) is 5.10 Å². The largest absolute Gasteiger partial charge is 0.327 e. The third kappa shape index (κ3) is 2.59. The van der Waals surface area contributed by atoms with Crippen LogP contribution in [-0.4, -0.2) is 15.8 Å². The van der Waals surface area contributed by atoms with E-state index in [-0.39, 0.29) is 0 Å². The van der Waals surface area contributed by atoms with Gasteiger partial charge in [0.25, 0.3) is 0 Å². The summed E-state index contributed by atoms with van der Waals surface area (Å²) in [5, 5.41) is 4.43. The molecule has 0 saturated heterocycles. The predicted molar refractivity (Wildman–Crippen MR) is 61.4 cm³/mol. The van der Waals surface area contributed by atoms with Crippen molar-refractivity contribution in [1.82, 2.24) is 9.78 Å². The predicted octanol–water partition coefficient (Wildman–Crippen LogP) is 1.73. The van der Waals surface area contributed by atoms with E-state index in [0.29, 0.717) is 12.0 Å². The van der Waals surface area contributed by atoms with Crippen LogP contribution in [0.4, 0.5) is 0 Å². The number of nitrogens with zero attached hydrogens (tertiary/aromatic N) is 2.